The molecule has 2 rings (SSSR count). The normalized spacial score (nSPS) is 23.0. The summed E-state index contributed by atoms with van der Waals surface area (Å²) in [4.78, 5) is 11.2. The maximum atomic E-state index is 5.15. The van der Waals surface area contributed by atoms with Crippen LogP contribution in [0.3, 0.4) is 0 Å². The first kappa shape index (κ1) is 15.6. The van der Waals surface area contributed by atoms with Gasteiger partial charge in [0.15, 0.2) is 5.96 Å². The van der Waals surface area contributed by atoms with Crippen LogP contribution >= 0.6 is 0 Å². The number of hydrogen-bond donors (Lipinski definition) is 1. The zero-order valence-electron chi connectivity index (χ0n) is 13.5. The fourth-order valence-electron chi connectivity index (χ4n) is 3.01. The van der Waals surface area contributed by atoms with Crippen LogP contribution in [-0.4, -0.2) is 43.1 Å². The number of methoxy groups -OCH3 is 1. The third-order valence-corrected chi connectivity index (χ3v) is 3.80. The summed E-state index contributed by atoms with van der Waals surface area (Å²) in [5, 5.41) is 3.41. The van der Waals surface area contributed by atoms with Crippen molar-refractivity contribution < 1.29 is 4.74 Å². The summed E-state index contributed by atoms with van der Waals surface area (Å²) >= 11 is 0. The number of ether oxygens (including phenoxy) is 1. The smallest absolute Gasteiger partial charge is 0.213 e. The van der Waals surface area contributed by atoms with Gasteiger partial charge in [-0.05, 0) is 24.3 Å². The first-order chi connectivity index (χ1) is 10.1. The molecule has 0 radical (unpaired) electrons. The molecule has 0 aromatic carbocycles. The van der Waals surface area contributed by atoms with E-state index in [0.29, 0.717) is 24.3 Å². The third kappa shape index (κ3) is 4.34. The average molecular weight is 290 g/mol. The van der Waals surface area contributed by atoms with E-state index in [1.54, 1.807) is 7.11 Å². The Hall–Kier alpha value is -1.78. The molecule has 2 heterocycles. The second kappa shape index (κ2) is 7.29. The van der Waals surface area contributed by atoms with E-state index in [-0.39, 0.29) is 0 Å². The van der Waals surface area contributed by atoms with Gasteiger partial charge >= 0.3 is 0 Å². The van der Waals surface area contributed by atoms with Crippen LogP contribution in [0, 0.1) is 11.8 Å². The molecular formula is C16H26N4O. The highest BCUT2D eigenvalue weighted by Crippen LogP contribution is 2.20. The van der Waals surface area contributed by atoms with Gasteiger partial charge in [0.25, 0.3) is 0 Å². The van der Waals surface area contributed by atoms with Gasteiger partial charge in [0, 0.05) is 26.2 Å². The van der Waals surface area contributed by atoms with Gasteiger partial charge in [0.1, 0.15) is 0 Å². The molecule has 2 unspecified atom stereocenters. The predicted molar refractivity (Wildman–Crippen MR) is 85.5 cm³/mol. The second-order valence-electron chi connectivity index (χ2n) is 5.92. The van der Waals surface area contributed by atoms with Crippen LogP contribution < -0.4 is 10.1 Å². The monoisotopic (exact) mass is 290 g/mol. The summed E-state index contributed by atoms with van der Waals surface area (Å²) in [6.45, 7) is 7.40. The zero-order chi connectivity index (χ0) is 15.2. The van der Waals surface area contributed by atoms with E-state index >= 15 is 0 Å². The number of hydrogen-bond acceptors (Lipinski definition) is 3. The topological polar surface area (TPSA) is 49.8 Å². The van der Waals surface area contributed by atoms with Crippen LogP contribution in [0.4, 0.5) is 0 Å². The number of nitrogens with zero attached hydrogens (tertiary/aromatic N) is 3. The number of nitrogens with one attached hydrogen (secondary N) is 1. The molecule has 116 valence electrons. The summed E-state index contributed by atoms with van der Waals surface area (Å²) in [5.41, 5.74) is 0.952. The van der Waals surface area contributed by atoms with E-state index in [4.69, 9.17) is 4.74 Å². The lowest BCUT2D eigenvalue weighted by Gasteiger charge is -2.37. The van der Waals surface area contributed by atoms with Crippen molar-refractivity contribution in [2.24, 2.45) is 16.8 Å². The van der Waals surface area contributed by atoms with E-state index in [2.05, 4.69) is 34.0 Å². The maximum absolute atomic E-state index is 5.15. The standard InChI is InChI=1S/C16H26N4O/c1-12-8-13(2)11-20(10-12)16(17-3)18-9-14-6-5-7-15(19-14)21-4/h5-7,12-13H,8-11H2,1-4H3,(H,17,18). The number of aliphatic imine (C=N–C) groups is 1. The minimum atomic E-state index is 0.643. The van der Waals surface area contributed by atoms with Gasteiger partial charge < -0.3 is 15.0 Å². The number of rotatable bonds is 3. The van der Waals surface area contributed by atoms with Crippen LogP contribution in [0.15, 0.2) is 23.2 Å². The maximum Gasteiger partial charge on any atom is 0.213 e. The second-order valence-corrected chi connectivity index (χ2v) is 5.92. The van der Waals surface area contributed by atoms with Crippen LogP contribution in [0.5, 0.6) is 5.88 Å². The summed E-state index contributed by atoms with van der Waals surface area (Å²) in [6, 6.07) is 5.80. The van der Waals surface area contributed by atoms with Gasteiger partial charge in [-0.25, -0.2) is 4.98 Å². The fourth-order valence-corrected chi connectivity index (χ4v) is 3.01. The number of aromatic nitrogens is 1. The first-order valence-electron chi connectivity index (χ1n) is 7.58. The van der Waals surface area contributed by atoms with Crippen molar-refractivity contribution in [3.63, 3.8) is 0 Å². The summed E-state index contributed by atoms with van der Waals surface area (Å²) in [6.07, 6.45) is 1.30. The summed E-state index contributed by atoms with van der Waals surface area (Å²) in [5.74, 6) is 3.02. The van der Waals surface area contributed by atoms with Gasteiger partial charge in [0.05, 0.1) is 19.3 Å². The highest BCUT2D eigenvalue weighted by atomic mass is 16.5. The van der Waals surface area contributed by atoms with Gasteiger partial charge in [-0.15, -0.1) is 0 Å². The van der Waals surface area contributed by atoms with Crippen molar-refractivity contribution in [3.8, 4) is 5.88 Å². The van der Waals surface area contributed by atoms with Gasteiger partial charge in [-0.2, -0.15) is 0 Å². The van der Waals surface area contributed by atoms with Crippen molar-refractivity contribution in [2.45, 2.75) is 26.8 Å². The van der Waals surface area contributed by atoms with Gasteiger partial charge in [-0.3, -0.25) is 4.99 Å². The average Bonchev–Trinajstić information content (AvgIpc) is 2.47. The molecule has 1 N–H and O–H groups in total. The highest BCUT2D eigenvalue weighted by Gasteiger charge is 2.23. The minimum Gasteiger partial charge on any atom is -0.481 e. The molecule has 0 spiro atoms. The molecule has 1 aliphatic heterocycles. The van der Waals surface area contributed by atoms with E-state index < -0.39 is 0 Å². The molecule has 0 bridgehead atoms. The Labute approximate surface area is 127 Å². The molecule has 0 saturated carbocycles. The van der Waals surface area contributed by atoms with Crippen molar-refractivity contribution in [3.05, 3.63) is 23.9 Å². The van der Waals surface area contributed by atoms with E-state index in [1.807, 2.05) is 25.2 Å². The summed E-state index contributed by atoms with van der Waals surface area (Å²) in [7, 11) is 3.47. The van der Waals surface area contributed by atoms with Gasteiger partial charge in [0.2, 0.25) is 5.88 Å². The molecule has 0 amide bonds. The minimum absolute atomic E-state index is 0.643. The molecule has 1 aromatic rings. The Morgan fingerprint density at radius 3 is 2.71 bits per heavy atom. The third-order valence-electron chi connectivity index (χ3n) is 3.80. The number of likely N-dealkylation sites (tertiary alicyclic amines) is 1. The fraction of sp³-hybridized carbons (Fsp3) is 0.625. The van der Waals surface area contributed by atoms with Crippen LogP contribution in [0.25, 0.3) is 0 Å². The molecule has 5 nitrogen and oxygen atoms in total. The van der Waals surface area contributed by atoms with Crippen molar-refractivity contribution in [2.75, 3.05) is 27.2 Å². The van der Waals surface area contributed by atoms with Crippen LogP contribution in [0.1, 0.15) is 26.0 Å². The Bertz CT molecular complexity index is 479. The molecular weight excluding hydrogens is 264 g/mol. The predicted octanol–water partition coefficient (Wildman–Crippen LogP) is 2.14. The Morgan fingerprint density at radius 1 is 1.38 bits per heavy atom. The Kier molecular flexibility index (Phi) is 5.42. The van der Waals surface area contributed by atoms with E-state index in [0.717, 1.165) is 24.7 Å². The molecule has 1 aromatic heterocycles. The largest absolute Gasteiger partial charge is 0.481 e. The lowest BCUT2D eigenvalue weighted by molar-refractivity contribution is 0.208. The molecule has 0 aliphatic carbocycles. The zero-order valence-corrected chi connectivity index (χ0v) is 13.5. The van der Waals surface area contributed by atoms with Crippen molar-refractivity contribution in [1.82, 2.24) is 15.2 Å². The molecule has 2 atom stereocenters. The van der Waals surface area contributed by atoms with Gasteiger partial charge in [-0.1, -0.05) is 19.9 Å². The lowest BCUT2D eigenvalue weighted by Crippen LogP contribution is -2.48. The van der Waals surface area contributed by atoms with Crippen LogP contribution in [0.2, 0.25) is 0 Å². The van der Waals surface area contributed by atoms with E-state index in [9.17, 15) is 0 Å². The van der Waals surface area contributed by atoms with Crippen LogP contribution in [-0.2, 0) is 6.54 Å². The van der Waals surface area contributed by atoms with Crippen molar-refractivity contribution >= 4 is 5.96 Å². The molecule has 1 aliphatic rings. The number of piperidine rings is 1. The SMILES string of the molecule is CN=C(NCc1cccc(OC)n1)N1CC(C)CC(C)C1. The number of pyridine rings is 1. The quantitative estimate of drug-likeness (QED) is 0.684. The first-order valence-corrected chi connectivity index (χ1v) is 7.58. The molecule has 21 heavy (non-hydrogen) atoms. The lowest BCUT2D eigenvalue weighted by atomic mass is 9.92. The van der Waals surface area contributed by atoms with Crippen molar-refractivity contribution in [1.29, 1.82) is 0 Å². The molecule has 5 heteroatoms. The number of guanidine groups is 1. The van der Waals surface area contributed by atoms with E-state index in [1.165, 1.54) is 6.42 Å². The summed E-state index contributed by atoms with van der Waals surface area (Å²) < 4.78 is 5.15. The molecule has 1 fully saturated rings. The highest BCUT2D eigenvalue weighted by molar-refractivity contribution is 5.79. The Balaban J connectivity index is 1.96. The molecule has 1 saturated heterocycles. The Morgan fingerprint density at radius 2 is 2.10 bits per heavy atom.